The largest absolute Gasteiger partial charge is 0.342 e. The van der Waals surface area contributed by atoms with Crippen molar-refractivity contribution in [1.82, 2.24) is 14.5 Å². The zero-order chi connectivity index (χ0) is 16.2. The molecule has 0 spiro atoms. The lowest BCUT2D eigenvalue weighted by Gasteiger charge is -2.32. The molecule has 1 fully saturated rings. The third kappa shape index (κ3) is 4.02. The van der Waals surface area contributed by atoms with Crippen LogP contribution in [0.3, 0.4) is 0 Å². The lowest BCUT2D eigenvalue weighted by atomic mass is 9.96. The first kappa shape index (κ1) is 16.2. The quantitative estimate of drug-likeness (QED) is 0.840. The summed E-state index contributed by atoms with van der Waals surface area (Å²) in [7, 11) is 0. The highest BCUT2D eigenvalue weighted by molar-refractivity contribution is 7.10. The molecule has 0 N–H and O–H groups in total. The van der Waals surface area contributed by atoms with E-state index in [0.29, 0.717) is 18.3 Å². The van der Waals surface area contributed by atoms with E-state index in [2.05, 4.69) is 29.6 Å². The van der Waals surface area contributed by atoms with Crippen molar-refractivity contribution in [3.8, 4) is 0 Å². The van der Waals surface area contributed by atoms with Gasteiger partial charge in [-0.2, -0.15) is 0 Å². The molecule has 3 rings (SSSR count). The van der Waals surface area contributed by atoms with E-state index in [1.165, 1.54) is 5.82 Å². The van der Waals surface area contributed by atoms with Gasteiger partial charge in [-0.25, -0.2) is 4.98 Å². The Hall–Kier alpha value is -1.62. The number of aromatic nitrogens is 2. The highest BCUT2D eigenvalue weighted by Gasteiger charge is 2.24. The Balaban J connectivity index is 1.50. The minimum absolute atomic E-state index is 0.274. The van der Waals surface area contributed by atoms with Gasteiger partial charge in [0.05, 0.1) is 6.42 Å². The van der Waals surface area contributed by atoms with Crippen LogP contribution in [0.15, 0.2) is 29.9 Å². The fourth-order valence-corrected chi connectivity index (χ4v) is 3.99. The number of rotatable bonds is 5. The number of amides is 1. The molecule has 2 aromatic heterocycles. The first-order valence-electron chi connectivity index (χ1n) is 8.44. The number of carbonyl (C=O) groups excluding carboxylic acids is 1. The molecular weight excluding hydrogens is 306 g/mol. The van der Waals surface area contributed by atoms with Gasteiger partial charge in [-0.15, -0.1) is 11.3 Å². The first-order valence-corrected chi connectivity index (χ1v) is 9.32. The number of carbonyl (C=O) groups is 1. The highest BCUT2D eigenvalue weighted by Crippen LogP contribution is 2.22. The van der Waals surface area contributed by atoms with Crippen LogP contribution in [-0.2, 0) is 17.8 Å². The molecule has 1 aliphatic rings. The molecule has 0 aliphatic carbocycles. The molecule has 1 saturated heterocycles. The van der Waals surface area contributed by atoms with E-state index in [-0.39, 0.29) is 5.91 Å². The Kier molecular flexibility index (Phi) is 5.16. The fraction of sp³-hybridized carbons (Fsp3) is 0.556. The predicted octanol–water partition coefficient (Wildman–Crippen LogP) is 3.55. The van der Waals surface area contributed by atoms with E-state index in [9.17, 15) is 4.79 Å². The van der Waals surface area contributed by atoms with Crippen molar-refractivity contribution in [3.05, 3.63) is 40.6 Å². The summed E-state index contributed by atoms with van der Waals surface area (Å²) in [6, 6.07) is 4.05. The van der Waals surface area contributed by atoms with Crippen LogP contribution in [-0.4, -0.2) is 33.4 Å². The monoisotopic (exact) mass is 331 g/mol. The predicted molar refractivity (Wildman–Crippen MR) is 93.6 cm³/mol. The van der Waals surface area contributed by atoms with Gasteiger partial charge in [-0.1, -0.05) is 19.9 Å². The molecule has 1 amide bonds. The van der Waals surface area contributed by atoms with Gasteiger partial charge in [0.2, 0.25) is 5.91 Å². The minimum Gasteiger partial charge on any atom is -0.342 e. The van der Waals surface area contributed by atoms with E-state index in [0.717, 1.165) is 37.4 Å². The maximum atomic E-state index is 12.3. The Morgan fingerprint density at radius 1 is 1.39 bits per heavy atom. The summed E-state index contributed by atoms with van der Waals surface area (Å²) in [6.45, 7) is 7.18. The van der Waals surface area contributed by atoms with Crippen molar-refractivity contribution in [1.29, 1.82) is 0 Å². The number of imidazole rings is 1. The summed E-state index contributed by atoms with van der Waals surface area (Å²) in [5.74, 6) is 2.54. The summed E-state index contributed by atoms with van der Waals surface area (Å²) in [4.78, 5) is 20.0. The lowest BCUT2D eigenvalue weighted by molar-refractivity contribution is -0.131. The molecule has 0 bridgehead atoms. The molecule has 23 heavy (non-hydrogen) atoms. The van der Waals surface area contributed by atoms with E-state index in [1.54, 1.807) is 11.3 Å². The second-order valence-corrected chi connectivity index (χ2v) is 7.71. The molecular formula is C18H25N3OS. The van der Waals surface area contributed by atoms with Gasteiger partial charge < -0.3 is 9.47 Å². The summed E-state index contributed by atoms with van der Waals surface area (Å²) < 4.78 is 2.29. The highest BCUT2D eigenvalue weighted by atomic mass is 32.1. The van der Waals surface area contributed by atoms with Crippen LogP contribution in [0.1, 0.15) is 43.3 Å². The third-order valence-electron chi connectivity index (χ3n) is 4.59. The summed E-state index contributed by atoms with van der Waals surface area (Å²) >= 11 is 1.67. The van der Waals surface area contributed by atoms with Crippen LogP contribution < -0.4 is 0 Å². The van der Waals surface area contributed by atoms with E-state index in [1.807, 2.05) is 28.6 Å². The minimum atomic E-state index is 0.274. The Labute approximate surface area is 142 Å². The topological polar surface area (TPSA) is 38.1 Å². The van der Waals surface area contributed by atoms with E-state index in [4.69, 9.17) is 0 Å². The molecule has 0 radical (unpaired) electrons. The average molecular weight is 331 g/mol. The molecule has 0 saturated carbocycles. The zero-order valence-corrected chi connectivity index (χ0v) is 14.8. The van der Waals surface area contributed by atoms with Crippen LogP contribution in [0, 0.1) is 5.92 Å². The Morgan fingerprint density at radius 3 is 2.83 bits per heavy atom. The lowest BCUT2D eigenvalue weighted by Crippen LogP contribution is -2.40. The van der Waals surface area contributed by atoms with Gasteiger partial charge in [0.1, 0.15) is 5.82 Å². The molecule has 0 aromatic carbocycles. The summed E-state index contributed by atoms with van der Waals surface area (Å²) in [5, 5.41) is 2.03. The number of likely N-dealkylation sites (tertiary alicyclic amines) is 1. The Bertz CT molecular complexity index is 624. The number of piperidine rings is 1. The van der Waals surface area contributed by atoms with E-state index >= 15 is 0 Å². The maximum absolute atomic E-state index is 12.3. The van der Waals surface area contributed by atoms with Crippen LogP contribution in [0.25, 0.3) is 0 Å². The Morgan fingerprint density at radius 2 is 2.17 bits per heavy atom. The number of hydrogen-bond donors (Lipinski definition) is 0. The third-order valence-corrected chi connectivity index (χ3v) is 5.47. The summed E-state index contributed by atoms with van der Waals surface area (Å²) in [6.07, 6.45) is 6.72. The average Bonchev–Trinajstić information content (AvgIpc) is 3.19. The first-order chi connectivity index (χ1) is 11.1. The van der Waals surface area contributed by atoms with E-state index < -0.39 is 0 Å². The normalized spacial score (nSPS) is 16.2. The van der Waals surface area contributed by atoms with Crippen molar-refractivity contribution >= 4 is 17.2 Å². The molecule has 2 aromatic rings. The standard InChI is InChI=1S/C18H25N3OS/c1-14(2)18-19-7-10-21(18)13-15-5-8-20(9-6-15)17(22)12-16-4-3-11-23-16/h3-4,7,10-11,14-15H,5-6,8-9,12-13H2,1-2H3. The van der Waals surface area contributed by atoms with Gasteiger partial charge >= 0.3 is 0 Å². The van der Waals surface area contributed by atoms with Crippen molar-refractivity contribution in [2.45, 2.75) is 45.6 Å². The number of hydrogen-bond acceptors (Lipinski definition) is 3. The molecule has 3 heterocycles. The molecule has 5 heteroatoms. The second kappa shape index (κ2) is 7.30. The van der Waals surface area contributed by atoms with Gasteiger partial charge in [-0.05, 0) is 30.2 Å². The second-order valence-electron chi connectivity index (χ2n) is 6.67. The van der Waals surface area contributed by atoms with Gasteiger partial charge in [0, 0.05) is 42.8 Å². The smallest absolute Gasteiger partial charge is 0.227 e. The maximum Gasteiger partial charge on any atom is 0.227 e. The molecule has 0 unspecified atom stereocenters. The fourth-order valence-electron chi connectivity index (χ4n) is 3.29. The zero-order valence-electron chi connectivity index (χ0n) is 13.9. The molecule has 4 nitrogen and oxygen atoms in total. The van der Waals surface area contributed by atoms with Crippen molar-refractivity contribution < 1.29 is 4.79 Å². The van der Waals surface area contributed by atoms with Crippen molar-refractivity contribution in [2.75, 3.05) is 13.1 Å². The SMILES string of the molecule is CC(C)c1nccn1CC1CCN(C(=O)Cc2cccs2)CC1. The van der Waals surface area contributed by atoms with Crippen LogP contribution in [0.2, 0.25) is 0 Å². The van der Waals surface area contributed by atoms with Crippen molar-refractivity contribution in [3.63, 3.8) is 0 Å². The summed E-state index contributed by atoms with van der Waals surface area (Å²) in [5.41, 5.74) is 0. The van der Waals surface area contributed by atoms with Crippen molar-refractivity contribution in [2.24, 2.45) is 5.92 Å². The van der Waals surface area contributed by atoms with Gasteiger partial charge in [0.15, 0.2) is 0 Å². The van der Waals surface area contributed by atoms with Crippen LogP contribution in [0.4, 0.5) is 0 Å². The number of nitrogens with zero attached hydrogens (tertiary/aromatic N) is 3. The van der Waals surface area contributed by atoms with Crippen LogP contribution >= 0.6 is 11.3 Å². The molecule has 0 atom stereocenters. The molecule has 1 aliphatic heterocycles. The van der Waals surface area contributed by atoms with Gasteiger partial charge in [-0.3, -0.25) is 4.79 Å². The van der Waals surface area contributed by atoms with Gasteiger partial charge in [0.25, 0.3) is 0 Å². The number of thiophene rings is 1. The molecule has 124 valence electrons. The van der Waals surface area contributed by atoms with Crippen LogP contribution in [0.5, 0.6) is 0 Å².